The Morgan fingerprint density at radius 1 is 1.11 bits per heavy atom. The van der Waals surface area contributed by atoms with E-state index in [0.717, 1.165) is 41.9 Å². The van der Waals surface area contributed by atoms with Crippen LogP contribution in [0.3, 0.4) is 0 Å². The van der Waals surface area contributed by atoms with Crippen LogP contribution in [0.15, 0.2) is 47.0 Å². The highest BCUT2D eigenvalue weighted by atomic mass is 16.3. The summed E-state index contributed by atoms with van der Waals surface area (Å²) < 4.78 is 5.84. The number of aryl methyl sites for hydroxylation is 1. The Labute approximate surface area is 160 Å². The Kier molecular flexibility index (Phi) is 5.91. The van der Waals surface area contributed by atoms with E-state index >= 15 is 0 Å². The van der Waals surface area contributed by atoms with E-state index in [0.29, 0.717) is 17.9 Å². The van der Waals surface area contributed by atoms with Crippen LogP contribution in [0.25, 0.3) is 10.9 Å². The van der Waals surface area contributed by atoms with Gasteiger partial charge in [0.05, 0.1) is 17.6 Å². The SMILES string of the molecule is CCN(CC)Cc1cc(C(=O)N(C)Cc2ccnc3ccccc23)c(C)o1. The van der Waals surface area contributed by atoms with E-state index in [1.165, 1.54) is 0 Å². The number of hydrogen-bond donors (Lipinski definition) is 0. The molecule has 1 amide bonds. The second-order valence-corrected chi connectivity index (χ2v) is 6.79. The number of para-hydroxylation sites is 1. The number of amides is 1. The lowest BCUT2D eigenvalue weighted by Gasteiger charge is -2.18. The van der Waals surface area contributed by atoms with Gasteiger partial charge in [-0.3, -0.25) is 14.7 Å². The number of benzene rings is 1. The number of fused-ring (bicyclic) bond motifs is 1. The summed E-state index contributed by atoms with van der Waals surface area (Å²) in [6.07, 6.45) is 1.79. The molecule has 0 aliphatic carbocycles. The first kappa shape index (κ1) is 19.1. The van der Waals surface area contributed by atoms with Crippen LogP contribution in [0.1, 0.15) is 41.3 Å². The second-order valence-electron chi connectivity index (χ2n) is 6.79. The van der Waals surface area contributed by atoms with Crippen molar-refractivity contribution in [3.63, 3.8) is 0 Å². The molecule has 27 heavy (non-hydrogen) atoms. The predicted octanol–water partition coefficient (Wildman–Crippen LogP) is 4.25. The molecule has 0 spiro atoms. The Morgan fingerprint density at radius 2 is 1.85 bits per heavy atom. The van der Waals surface area contributed by atoms with Crippen molar-refractivity contribution >= 4 is 16.8 Å². The van der Waals surface area contributed by atoms with Crippen molar-refractivity contribution in [3.05, 3.63) is 65.2 Å². The summed E-state index contributed by atoms with van der Waals surface area (Å²) in [7, 11) is 1.83. The summed E-state index contributed by atoms with van der Waals surface area (Å²) in [5.74, 6) is 1.49. The van der Waals surface area contributed by atoms with E-state index in [4.69, 9.17) is 4.42 Å². The summed E-state index contributed by atoms with van der Waals surface area (Å²) in [4.78, 5) is 21.4. The van der Waals surface area contributed by atoms with Crippen LogP contribution in [0.2, 0.25) is 0 Å². The number of rotatable bonds is 7. The molecule has 5 nitrogen and oxygen atoms in total. The Balaban J connectivity index is 1.78. The minimum absolute atomic E-state index is 0.0251. The first-order valence-corrected chi connectivity index (χ1v) is 9.43. The zero-order valence-corrected chi connectivity index (χ0v) is 16.5. The molecule has 0 fully saturated rings. The van der Waals surface area contributed by atoms with E-state index in [1.807, 2.05) is 50.4 Å². The molecule has 0 saturated heterocycles. The van der Waals surface area contributed by atoms with E-state index in [1.54, 1.807) is 11.1 Å². The second kappa shape index (κ2) is 8.35. The highest BCUT2D eigenvalue weighted by Crippen LogP contribution is 2.21. The van der Waals surface area contributed by atoms with Crippen molar-refractivity contribution in [3.8, 4) is 0 Å². The average molecular weight is 365 g/mol. The van der Waals surface area contributed by atoms with Crippen LogP contribution in [-0.4, -0.2) is 40.8 Å². The maximum absolute atomic E-state index is 13.0. The molecule has 0 N–H and O–H groups in total. The molecule has 2 aromatic heterocycles. The number of furan rings is 1. The van der Waals surface area contributed by atoms with Crippen LogP contribution < -0.4 is 0 Å². The fourth-order valence-electron chi connectivity index (χ4n) is 3.33. The van der Waals surface area contributed by atoms with Crippen LogP contribution in [0.4, 0.5) is 0 Å². The van der Waals surface area contributed by atoms with Gasteiger partial charge in [-0.05, 0) is 43.8 Å². The minimum atomic E-state index is -0.0251. The summed E-state index contributed by atoms with van der Waals surface area (Å²) >= 11 is 0. The average Bonchev–Trinajstić information content (AvgIpc) is 3.05. The first-order chi connectivity index (χ1) is 13.0. The van der Waals surface area contributed by atoms with E-state index in [9.17, 15) is 4.79 Å². The van der Waals surface area contributed by atoms with Gasteiger partial charge < -0.3 is 9.32 Å². The monoisotopic (exact) mass is 365 g/mol. The van der Waals surface area contributed by atoms with Crippen molar-refractivity contribution < 1.29 is 9.21 Å². The van der Waals surface area contributed by atoms with E-state index in [-0.39, 0.29) is 5.91 Å². The van der Waals surface area contributed by atoms with Crippen LogP contribution >= 0.6 is 0 Å². The Bertz CT molecular complexity index is 923. The lowest BCUT2D eigenvalue weighted by Crippen LogP contribution is -2.26. The van der Waals surface area contributed by atoms with Gasteiger partial charge in [0.15, 0.2) is 0 Å². The maximum Gasteiger partial charge on any atom is 0.257 e. The van der Waals surface area contributed by atoms with Gasteiger partial charge in [-0.2, -0.15) is 0 Å². The molecule has 5 heteroatoms. The van der Waals surface area contributed by atoms with Crippen molar-refractivity contribution in [2.45, 2.75) is 33.9 Å². The quantitative estimate of drug-likeness (QED) is 0.628. The number of carbonyl (C=O) groups excluding carboxylic acids is 1. The highest BCUT2D eigenvalue weighted by Gasteiger charge is 2.20. The molecule has 0 unspecified atom stereocenters. The standard InChI is InChI=1S/C22H27N3O2/c1-5-25(6-2)15-18-13-20(16(3)27-18)22(26)24(4)14-17-11-12-23-21-10-8-7-9-19(17)21/h7-13H,5-6,14-15H2,1-4H3. The molecule has 3 rings (SSSR count). The molecule has 0 aliphatic rings. The number of aromatic nitrogens is 1. The third-order valence-electron chi connectivity index (χ3n) is 4.97. The third-order valence-corrected chi connectivity index (χ3v) is 4.97. The molecule has 0 aliphatic heterocycles. The normalized spacial score (nSPS) is 11.3. The summed E-state index contributed by atoms with van der Waals surface area (Å²) in [6.45, 7) is 9.26. The molecule has 3 aromatic rings. The number of pyridine rings is 1. The Hall–Kier alpha value is -2.66. The summed E-state index contributed by atoms with van der Waals surface area (Å²) in [5, 5.41) is 1.07. The molecular weight excluding hydrogens is 338 g/mol. The molecule has 142 valence electrons. The number of hydrogen-bond acceptors (Lipinski definition) is 4. The highest BCUT2D eigenvalue weighted by molar-refractivity contribution is 5.95. The van der Waals surface area contributed by atoms with Crippen molar-refractivity contribution in [2.75, 3.05) is 20.1 Å². The molecule has 0 bridgehead atoms. The third kappa shape index (κ3) is 4.19. The Morgan fingerprint density at radius 3 is 2.59 bits per heavy atom. The fourth-order valence-corrected chi connectivity index (χ4v) is 3.33. The fraction of sp³-hybridized carbons (Fsp3) is 0.364. The van der Waals surface area contributed by atoms with Crippen LogP contribution in [0.5, 0.6) is 0 Å². The molecular formula is C22H27N3O2. The van der Waals surface area contributed by atoms with Gasteiger partial charge in [-0.1, -0.05) is 32.0 Å². The van der Waals surface area contributed by atoms with Gasteiger partial charge in [-0.15, -0.1) is 0 Å². The molecule has 2 heterocycles. The topological polar surface area (TPSA) is 49.6 Å². The maximum atomic E-state index is 13.0. The van der Waals surface area contributed by atoms with Gasteiger partial charge in [0.1, 0.15) is 11.5 Å². The van der Waals surface area contributed by atoms with Crippen molar-refractivity contribution in [2.24, 2.45) is 0 Å². The van der Waals surface area contributed by atoms with Gasteiger partial charge >= 0.3 is 0 Å². The lowest BCUT2D eigenvalue weighted by atomic mass is 10.1. The smallest absolute Gasteiger partial charge is 0.257 e. The minimum Gasteiger partial charge on any atom is -0.464 e. The molecule has 0 saturated carbocycles. The zero-order valence-electron chi connectivity index (χ0n) is 16.5. The molecule has 1 aromatic carbocycles. The van der Waals surface area contributed by atoms with Crippen molar-refractivity contribution in [1.29, 1.82) is 0 Å². The molecule has 0 radical (unpaired) electrons. The van der Waals surface area contributed by atoms with Gasteiger partial charge in [0.25, 0.3) is 5.91 Å². The van der Waals surface area contributed by atoms with Crippen LogP contribution in [0, 0.1) is 6.92 Å². The number of nitrogens with zero attached hydrogens (tertiary/aromatic N) is 3. The van der Waals surface area contributed by atoms with Gasteiger partial charge in [0.2, 0.25) is 0 Å². The van der Waals surface area contributed by atoms with Crippen LogP contribution in [-0.2, 0) is 13.1 Å². The largest absolute Gasteiger partial charge is 0.464 e. The predicted molar refractivity (Wildman–Crippen MR) is 108 cm³/mol. The number of carbonyl (C=O) groups is 1. The molecule has 0 atom stereocenters. The zero-order chi connectivity index (χ0) is 19.4. The van der Waals surface area contributed by atoms with Gasteiger partial charge in [-0.25, -0.2) is 0 Å². The van der Waals surface area contributed by atoms with E-state index < -0.39 is 0 Å². The first-order valence-electron chi connectivity index (χ1n) is 9.43. The summed E-state index contributed by atoms with van der Waals surface area (Å²) in [6, 6.07) is 11.9. The summed E-state index contributed by atoms with van der Waals surface area (Å²) in [5.41, 5.74) is 2.66. The van der Waals surface area contributed by atoms with Gasteiger partial charge in [0, 0.05) is 25.2 Å². The lowest BCUT2D eigenvalue weighted by molar-refractivity contribution is 0.0784. The van der Waals surface area contributed by atoms with Crippen molar-refractivity contribution in [1.82, 2.24) is 14.8 Å². The van der Waals surface area contributed by atoms with E-state index in [2.05, 4.69) is 23.7 Å².